The third-order valence-electron chi connectivity index (χ3n) is 2.98. The number of ether oxygens (including phenoxy) is 1. The lowest BCUT2D eigenvalue weighted by atomic mass is 10.1. The number of sulfone groups is 1. The summed E-state index contributed by atoms with van der Waals surface area (Å²) in [6.07, 6.45) is 0.928. The van der Waals surface area contributed by atoms with E-state index in [0.717, 1.165) is 12.3 Å². The number of hydrogen-bond donors (Lipinski definition) is 1. The number of rotatable bonds is 4. The SMILES string of the molecule is Cc1cc(Oc2ccccc2F)c(S(C)(=O)=O)cc1C(=O)O. The zero-order valence-electron chi connectivity index (χ0n) is 11.8. The Hall–Kier alpha value is -2.41. The fourth-order valence-corrected chi connectivity index (χ4v) is 2.71. The van der Waals surface area contributed by atoms with E-state index in [4.69, 9.17) is 9.84 Å². The van der Waals surface area contributed by atoms with Crippen LogP contribution in [0.1, 0.15) is 15.9 Å². The van der Waals surface area contributed by atoms with Crippen LogP contribution in [0.2, 0.25) is 0 Å². The first-order valence-electron chi connectivity index (χ1n) is 6.20. The van der Waals surface area contributed by atoms with Crippen molar-refractivity contribution < 1.29 is 27.4 Å². The van der Waals surface area contributed by atoms with Crippen LogP contribution in [-0.4, -0.2) is 25.7 Å². The van der Waals surface area contributed by atoms with Crippen molar-refractivity contribution in [1.29, 1.82) is 0 Å². The predicted octanol–water partition coefficient (Wildman–Crippen LogP) is 3.03. The number of aromatic carboxylic acids is 1. The van der Waals surface area contributed by atoms with Crippen molar-refractivity contribution in [3.63, 3.8) is 0 Å². The van der Waals surface area contributed by atoms with Crippen molar-refractivity contribution in [2.24, 2.45) is 0 Å². The van der Waals surface area contributed by atoms with E-state index in [-0.39, 0.29) is 22.0 Å². The van der Waals surface area contributed by atoms with E-state index in [9.17, 15) is 17.6 Å². The molecule has 7 heteroatoms. The Morgan fingerprint density at radius 2 is 1.82 bits per heavy atom. The number of halogens is 1. The minimum Gasteiger partial charge on any atom is -0.478 e. The van der Waals surface area contributed by atoms with E-state index in [2.05, 4.69) is 0 Å². The van der Waals surface area contributed by atoms with E-state index >= 15 is 0 Å². The number of aryl methyl sites for hydroxylation is 1. The van der Waals surface area contributed by atoms with E-state index < -0.39 is 21.6 Å². The first-order valence-corrected chi connectivity index (χ1v) is 8.09. The first-order chi connectivity index (χ1) is 10.2. The standard InChI is InChI=1S/C15H13FO5S/c1-9-7-13(21-12-6-4-3-5-11(12)16)14(22(2,19)20)8-10(9)15(17)18/h3-8H,1-2H3,(H,17,18). The van der Waals surface area contributed by atoms with Crippen LogP contribution in [0.5, 0.6) is 11.5 Å². The number of carboxylic acid groups (broad SMARTS) is 1. The van der Waals surface area contributed by atoms with Gasteiger partial charge in [0.15, 0.2) is 21.4 Å². The molecule has 0 atom stereocenters. The van der Waals surface area contributed by atoms with Crippen LogP contribution < -0.4 is 4.74 Å². The molecule has 2 aromatic rings. The molecule has 0 amide bonds. The molecule has 5 nitrogen and oxygen atoms in total. The summed E-state index contributed by atoms with van der Waals surface area (Å²) >= 11 is 0. The zero-order valence-corrected chi connectivity index (χ0v) is 12.6. The molecular formula is C15H13FO5S. The molecule has 0 unspecified atom stereocenters. The Bertz CT molecular complexity index is 843. The van der Waals surface area contributed by atoms with Crippen LogP contribution >= 0.6 is 0 Å². The van der Waals surface area contributed by atoms with Gasteiger partial charge in [-0.15, -0.1) is 0 Å². The van der Waals surface area contributed by atoms with E-state index in [0.29, 0.717) is 5.56 Å². The molecule has 1 N–H and O–H groups in total. The van der Waals surface area contributed by atoms with Crippen LogP contribution in [0.25, 0.3) is 0 Å². The lowest BCUT2D eigenvalue weighted by Gasteiger charge is -2.13. The third kappa shape index (κ3) is 3.25. The summed E-state index contributed by atoms with van der Waals surface area (Å²) in [7, 11) is -3.75. The molecule has 0 saturated heterocycles. The molecule has 0 aliphatic carbocycles. The highest BCUT2D eigenvalue weighted by atomic mass is 32.2. The number of para-hydroxylation sites is 1. The van der Waals surface area contributed by atoms with E-state index in [1.165, 1.54) is 37.3 Å². The lowest BCUT2D eigenvalue weighted by Crippen LogP contribution is -2.07. The van der Waals surface area contributed by atoms with Gasteiger partial charge in [-0.3, -0.25) is 0 Å². The molecule has 0 fully saturated rings. The monoisotopic (exact) mass is 324 g/mol. The Labute approximate surface area is 126 Å². The van der Waals surface area contributed by atoms with E-state index in [1.54, 1.807) is 0 Å². The fraction of sp³-hybridized carbons (Fsp3) is 0.133. The van der Waals surface area contributed by atoms with Crippen LogP contribution in [0.4, 0.5) is 4.39 Å². The molecular weight excluding hydrogens is 311 g/mol. The van der Waals surface area contributed by atoms with Gasteiger partial charge >= 0.3 is 5.97 Å². The van der Waals surface area contributed by atoms with Gasteiger partial charge in [0.25, 0.3) is 0 Å². The predicted molar refractivity (Wildman–Crippen MR) is 77.7 cm³/mol. The van der Waals surface area contributed by atoms with Gasteiger partial charge in [-0.05, 0) is 36.8 Å². The second kappa shape index (κ2) is 5.76. The van der Waals surface area contributed by atoms with Gasteiger partial charge in [-0.2, -0.15) is 0 Å². The van der Waals surface area contributed by atoms with Crippen LogP contribution in [0.15, 0.2) is 41.3 Å². The molecule has 2 rings (SSSR count). The summed E-state index contributed by atoms with van der Waals surface area (Å²) in [5.41, 5.74) is 0.160. The Morgan fingerprint density at radius 1 is 1.18 bits per heavy atom. The van der Waals surface area contributed by atoms with Crippen molar-refractivity contribution in [2.45, 2.75) is 11.8 Å². The second-order valence-corrected chi connectivity index (χ2v) is 6.71. The first kappa shape index (κ1) is 16.0. The smallest absolute Gasteiger partial charge is 0.335 e. The number of hydrogen-bond acceptors (Lipinski definition) is 4. The maximum atomic E-state index is 13.6. The highest BCUT2D eigenvalue weighted by Gasteiger charge is 2.21. The van der Waals surface area contributed by atoms with Crippen molar-refractivity contribution in [2.75, 3.05) is 6.26 Å². The van der Waals surface area contributed by atoms with Gasteiger partial charge in [0.1, 0.15) is 10.6 Å². The molecule has 0 heterocycles. The molecule has 116 valence electrons. The Kier molecular flexibility index (Phi) is 4.18. The van der Waals surface area contributed by atoms with E-state index in [1.807, 2.05) is 0 Å². The van der Waals surface area contributed by atoms with Gasteiger partial charge < -0.3 is 9.84 Å². The second-order valence-electron chi connectivity index (χ2n) is 4.72. The maximum Gasteiger partial charge on any atom is 0.335 e. The summed E-state index contributed by atoms with van der Waals surface area (Å²) < 4.78 is 42.7. The number of carbonyl (C=O) groups is 1. The largest absolute Gasteiger partial charge is 0.478 e. The number of carboxylic acids is 1. The van der Waals surface area contributed by atoms with Crippen LogP contribution in [0.3, 0.4) is 0 Å². The van der Waals surface area contributed by atoms with Crippen molar-refractivity contribution >= 4 is 15.8 Å². The lowest BCUT2D eigenvalue weighted by molar-refractivity contribution is 0.0696. The quantitative estimate of drug-likeness (QED) is 0.935. The Balaban J connectivity index is 2.63. The van der Waals surface area contributed by atoms with Gasteiger partial charge in [-0.25, -0.2) is 17.6 Å². The summed E-state index contributed by atoms with van der Waals surface area (Å²) in [5.74, 6) is -2.16. The molecule has 0 aromatic heterocycles. The fourth-order valence-electron chi connectivity index (χ4n) is 1.91. The molecule has 0 bridgehead atoms. The molecule has 0 radical (unpaired) electrons. The Morgan fingerprint density at radius 3 is 2.36 bits per heavy atom. The summed E-state index contributed by atoms with van der Waals surface area (Å²) in [6.45, 7) is 1.50. The summed E-state index contributed by atoms with van der Waals surface area (Å²) in [6, 6.07) is 7.82. The zero-order chi connectivity index (χ0) is 16.5. The normalized spacial score (nSPS) is 11.2. The molecule has 0 aliphatic rings. The third-order valence-corrected chi connectivity index (χ3v) is 4.10. The maximum absolute atomic E-state index is 13.6. The average molecular weight is 324 g/mol. The summed E-state index contributed by atoms with van der Waals surface area (Å²) in [4.78, 5) is 10.8. The van der Waals surface area contributed by atoms with Crippen LogP contribution in [0, 0.1) is 12.7 Å². The highest BCUT2D eigenvalue weighted by Crippen LogP contribution is 2.32. The minimum absolute atomic E-state index is 0.116. The van der Waals surface area contributed by atoms with Crippen molar-refractivity contribution in [3.05, 3.63) is 53.3 Å². The van der Waals surface area contributed by atoms with Crippen molar-refractivity contribution in [3.8, 4) is 11.5 Å². The van der Waals surface area contributed by atoms with Gasteiger partial charge in [-0.1, -0.05) is 12.1 Å². The van der Waals surface area contributed by atoms with Gasteiger partial charge in [0.05, 0.1) is 5.56 Å². The number of benzene rings is 2. The topological polar surface area (TPSA) is 80.7 Å². The van der Waals surface area contributed by atoms with Crippen molar-refractivity contribution in [1.82, 2.24) is 0 Å². The van der Waals surface area contributed by atoms with Gasteiger partial charge in [0, 0.05) is 6.26 Å². The molecule has 0 saturated carbocycles. The molecule has 2 aromatic carbocycles. The minimum atomic E-state index is -3.75. The molecule has 0 spiro atoms. The van der Waals surface area contributed by atoms with Gasteiger partial charge in [0.2, 0.25) is 0 Å². The molecule has 0 aliphatic heterocycles. The summed E-state index contributed by atoms with van der Waals surface area (Å²) in [5, 5.41) is 9.08. The molecule has 22 heavy (non-hydrogen) atoms. The average Bonchev–Trinajstić information content (AvgIpc) is 2.39. The van der Waals surface area contributed by atoms with Crippen LogP contribution in [-0.2, 0) is 9.84 Å². The highest BCUT2D eigenvalue weighted by molar-refractivity contribution is 7.90.